The molecule has 338 valence electrons. The molecule has 2 aliphatic rings. The van der Waals surface area contributed by atoms with Gasteiger partial charge in [-0.3, -0.25) is 9.46 Å². The van der Waals surface area contributed by atoms with E-state index in [1.807, 2.05) is 20.8 Å². The number of aromatic nitrogens is 7. The van der Waals surface area contributed by atoms with E-state index in [2.05, 4.69) is 45.1 Å². The average Bonchev–Trinajstić information content (AvgIpc) is 3.95. The molecule has 22 heteroatoms. The van der Waals surface area contributed by atoms with Crippen molar-refractivity contribution in [2.24, 2.45) is 0 Å². The minimum atomic E-state index is -4.24. The number of halogens is 1. The summed E-state index contributed by atoms with van der Waals surface area (Å²) in [6, 6.07) is 4.36. The first-order valence-electron chi connectivity index (χ1n) is 20.7. The Balaban J connectivity index is 1.45. The van der Waals surface area contributed by atoms with E-state index < -0.39 is 63.4 Å². The van der Waals surface area contributed by atoms with Crippen molar-refractivity contribution in [2.45, 2.75) is 160 Å². The summed E-state index contributed by atoms with van der Waals surface area (Å²) in [6.45, 7) is 18.1. The van der Waals surface area contributed by atoms with E-state index in [4.69, 9.17) is 44.3 Å². The summed E-state index contributed by atoms with van der Waals surface area (Å²) < 4.78 is 58.5. The number of carbonyl (C=O) groups excluding carboxylic acids is 1. The molecule has 19 nitrogen and oxygen atoms in total. The molecule has 3 aromatic rings. The number of hydrogen-bond donors (Lipinski definition) is 2. The molecule has 3 aromatic heterocycles. The number of ether oxygens (including phenoxy) is 5. The van der Waals surface area contributed by atoms with E-state index >= 15 is 0 Å². The summed E-state index contributed by atoms with van der Waals surface area (Å²) in [7, 11) is -5.55. The number of nitrogens with zero attached hydrogens (tertiary/aromatic N) is 8. The van der Waals surface area contributed by atoms with Crippen LogP contribution in [-0.4, -0.2) is 127 Å². The number of tetrazole rings is 1. The third-order valence-electron chi connectivity index (χ3n) is 9.92. The predicted octanol–water partition coefficient (Wildman–Crippen LogP) is 6.52. The highest BCUT2D eigenvalue weighted by atomic mass is 35.5. The number of rotatable bonds is 21. The summed E-state index contributed by atoms with van der Waals surface area (Å²) >= 11 is 6.60. The van der Waals surface area contributed by atoms with Crippen molar-refractivity contribution in [1.29, 1.82) is 0 Å². The average molecular weight is 903 g/mol. The van der Waals surface area contributed by atoms with Crippen LogP contribution in [0.1, 0.15) is 98.2 Å². The Morgan fingerprint density at radius 3 is 2.37 bits per heavy atom. The van der Waals surface area contributed by atoms with Gasteiger partial charge in [-0.1, -0.05) is 32.5 Å². The topological polar surface area (TPSA) is 216 Å². The Bertz CT molecular complexity index is 1920. The van der Waals surface area contributed by atoms with E-state index in [9.17, 15) is 19.6 Å². The van der Waals surface area contributed by atoms with Crippen molar-refractivity contribution in [2.75, 3.05) is 37.9 Å². The van der Waals surface area contributed by atoms with E-state index in [1.54, 1.807) is 35.4 Å². The van der Waals surface area contributed by atoms with E-state index in [-0.39, 0.29) is 56.5 Å². The number of hydrogen-bond acceptors (Lipinski definition) is 16. The van der Waals surface area contributed by atoms with Gasteiger partial charge in [0.15, 0.2) is 29.5 Å². The van der Waals surface area contributed by atoms with Crippen LogP contribution in [-0.2, 0) is 50.4 Å². The van der Waals surface area contributed by atoms with Crippen molar-refractivity contribution >= 4 is 44.7 Å². The largest absolute Gasteiger partial charge is 0.443 e. The summed E-state index contributed by atoms with van der Waals surface area (Å²) in [4.78, 5) is 21.2. The van der Waals surface area contributed by atoms with E-state index in [0.29, 0.717) is 23.6 Å². The second kappa shape index (κ2) is 19.8. The van der Waals surface area contributed by atoms with Crippen LogP contribution in [0.4, 0.5) is 10.6 Å². The van der Waals surface area contributed by atoms with E-state index in [1.165, 1.54) is 18.6 Å². The molecule has 60 heavy (non-hydrogen) atoms. The molecule has 1 saturated carbocycles. The SMILES string of the molecule is CCOP(=O)(OCC)C(CO)(Cc1nnn(COCC[Si](C)(C)C)n1)OC[C@@H]1C[C@@H](OC(C)(C)O)[C@@H](c2ccc3c(N(C(=O)OC(C)(C)C)C4CCCC4)nc(Cl)nn23)O1. The van der Waals surface area contributed by atoms with Crippen molar-refractivity contribution in [3.05, 3.63) is 28.9 Å². The molecule has 1 saturated heterocycles. The van der Waals surface area contributed by atoms with Gasteiger partial charge in [0.05, 0.1) is 50.8 Å². The zero-order valence-corrected chi connectivity index (χ0v) is 39.3. The lowest BCUT2D eigenvalue weighted by Crippen LogP contribution is -2.43. The fourth-order valence-corrected chi connectivity index (χ4v) is 10.2. The molecule has 0 bridgehead atoms. The molecular formula is C38H64ClN8O11PSi. The number of aliphatic hydroxyl groups excluding tert-OH is 1. The normalized spacial score (nSPS) is 20.6. The Morgan fingerprint density at radius 2 is 1.77 bits per heavy atom. The molecule has 1 amide bonds. The number of carbonyl (C=O) groups is 1. The van der Waals surface area contributed by atoms with Crippen LogP contribution in [0.15, 0.2) is 12.1 Å². The zero-order chi connectivity index (χ0) is 44.1. The minimum Gasteiger partial charge on any atom is -0.443 e. The third-order valence-corrected chi connectivity index (χ3v) is 14.4. The fraction of sp³-hybridized carbons (Fsp3) is 0.789. The summed E-state index contributed by atoms with van der Waals surface area (Å²) in [6.07, 6.45) is 0.445. The highest BCUT2D eigenvalue weighted by Gasteiger charge is 2.54. The standard InChI is InChI=1S/C38H64ClN8O11PSi/c1-11-54-59(51,55-12-2)38(24-48,22-31-41-44-45(42-31)25-52-19-20-60(8,9)10)53-23-27-21-30(57-37(6,7)50)32(56-27)28-17-18-29-33(40-34(39)43-47(28)29)46(26-15-13-14-16-26)35(49)58-36(3,4)5/h17-18,26-27,30,32,48,50H,11-16,19-25H2,1-10H3/t27-,30+,32+,38?/m0/s1. The van der Waals surface area contributed by atoms with Gasteiger partial charge < -0.3 is 42.9 Å². The maximum atomic E-state index is 14.6. The Labute approximate surface area is 358 Å². The van der Waals surface area contributed by atoms with Crippen molar-refractivity contribution in [3.63, 3.8) is 0 Å². The number of fused-ring (bicyclic) bond motifs is 1. The van der Waals surface area contributed by atoms with Gasteiger partial charge in [-0.15, -0.1) is 20.1 Å². The lowest BCUT2D eigenvalue weighted by atomic mass is 10.1. The highest BCUT2D eigenvalue weighted by Crippen LogP contribution is 2.61. The third kappa shape index (κ3) is 12.3. The predicted molar refractivity (Wildman–Crippen MR) is 225 cm³/mol. The van der Waals surface area contributed by atoms with Crippen molar-refractivity contribution in [3.8, 4) is 0 Å². The molecule has 0 spiro atoms. The van der Waals surface area contributed by atoms with Gasteiger partial charge in [-0.25, -0.2) is 9.31 Å². The van der Waals surface area contributed by atoms with Crippen molar-refractivity contribution < 1.29 is 52.3 Å². The first-order chi connectivity index (χ1) is 28.1. The number of anilines is 1. The molecule has 4 heterocycles. The molecule has 0 aromatic carbocycles. The van der Waals surface area contributed by atoms with Gasteiger partial charge in [-0.2, -0.15) is 4.98 Å². The fourth-order valence-electron chi connectivity index (χ4n) is 7.28. The zero-order valence-electron chi connectivity index (χ0n) is 36.6. The molecular weight excluding hydrogens is 839 g/mol. The Hall–Kier alpha value is -2.62. The van der Waals surface area contributed by atoms with E-state index in [0.717, 1.165) is 31.7 Å². The minimum absolute atomic E-state index is 0.00324. The van der Waals surface area contributed by atoms with Crippen LogP contribution in [0.3, 0.4) is 0 Å². The molecule has 5 rings (SSSR count). The van der Waals surface area contributed by atoms with Crippen LogP contribution >= 0.6 is 19.2 Å². The van der Waals surface area contributed by atoms with Crippen LogP contribution in [0, 0.1) is 0 Å². The summed E-state index contributed by atoms with van der Waals surface area (Å²) in [5.41, 5.74) is 0.222. The molecule has 4 atom stereocenters. The second-order valence-corrected chi connectivity index (χ2v) is 26.2. The van der Waals surface area contributed by atoms with Gasteiger partial charge in [-0.05, 0) is 96.3 Å². The van der Waals surface area contributed by atoms with Crippen LogP contribution in [0.25, 0.3) is 5.52 Å². The summed E-state index contributed by atoms with van der Waals surface area (Å²) in [5, 5.41) is 37.0. The molecule has 0 radical (unpaired) electrons. The smallest absolute Gasteiger partial charge is 0.416 e. The molecule has 1 aliphatic carbocycles. The number of aliphatic hydroxyl groups is 2. The Kier molecular flexibility index (Phi) is 16.0. The maximum Gasteiger partial charge on any atom is 0.416 e. The van der Waals surface area contributed by atoms with Gasteiger partial charge in [0, 0.05) is 27.1 Å². The van der Waals surface area contributed by atoms with Crippen molar-refractivity contribution in [1.82, 2.24) is 34.8 Å². The molecule has 2 N–H and O–H groups in total. The lowest BCUT2D eigenvalue weighted by molar-refractivity contribution is -0.215. The highest BCUT2D eigenvalue weighted by molar-refractivity contribution is 7.55. The van der Waals surface area contributed by atoms with Gasteiger partial charge in [0.25, 0.3) is 0 Å². The summed E-state index contributed by atoms with van der Waals surface area (Å²) in [5.74, 6) is -1.16. The van der Waals surface area contributed by atoms with Gasteiger partial charge in [0.1, 0.15) is 17.2 Å². The van der Waals surface area contributed by atoms with Crippen LogP contribution in [0.2, 0.25) is 31.0 Å². The molecule has 2 fully saturated rings. The first kappa shape index (κ1) is 48.4. The monoisotopic (exact) mass is 902 g/mol. The quantitative estimate of drug-likeness (QED) is 0.0503. The van der Waals surface area contributed by atoms with Gasteiger partial charge in [0.2, 0.25) is 5.28 Å². The maximum absolute atomic E-state index is 14.6. The van der Waals surface area contributed by atoms with Crippen LogP contribution < -0.4 is 4.90 Å². The molecule has 1 unspecified atom stereocenters. The number of amides is 1. The van der Waals surface area contributed by atoms with Gasteiger partial charge >= 0.3 is 13.7 Å². The second-order valence-electron chi connectivity index (χ2n) is 17.9. The van der Waals surface area contributed by atoms with Crippen LogP contribution in [0.5, 0.6) is 0 Å². The lowest BCUT2D eigenvalue weighted by Gasteiger charge is -2.37. The first-order valence-corrected chi connectivity index (χ1v) is 26.3. The molecule has 1 aliphatic heterocycles. The Morgan fingerprint density at radius 1 is 1.08 bits per heavy atom.